The van der Waals surface area contributed by atoms with Crippen LogP contribution in [0, 0.1) is 0 Å². The van der Waals surface area contributed by atoms with Crippen LogP contribution in [0.25, 0.3) is 54.9 Å². The molecule has 0 aromatic heterocycles. The summed E-state index contributed by atoms with van der Waals surface area (Å²) >= 11 is 0. The molecule has 0 radical (unpaired) electrons. The smallest absolute Gasteiger partial charge is 0.0540 e. The summed E-state index contributed by atoms with van der Waals surface area (Å²) in [6.07, 6.45) is 0. The van der Waals surface area contributed by atoms with E-state index in [1.165, 1.54) is 71.6 Å². The molecule has 1 aliphatic rings. The Bertz CT molecular complexity index is 2770. The fourth-order valence-electron chi connectivity index (χ4n) is 8.65. The molecule has 9 aromatic rings. The Morgan fingerprint density at radius 2 is 0.981 bits per heavy atom. The average Bonchev–Trinajstić information content (AvgIpc) is 3.49. The maximum absolute atomic E-state index is 2.48. The molecule has 0 bridgehead atoms. The molecule has 10 rings (SSSR count). The van der Waals surface area contributed by atoms with E-state index in [0.717, 1.165) is 17.1 Å². The Hall–Kier alpha value is -6.70. The summed E-state index contributed by atoms with van der Waals surface area (Å²) in [5, 5.41) is 4.99. The van der Waals surface area contributed by atoms with E-state index in [4.69, 9.17) is 0 Å². The molecule has 1 atom stereocenters. The Kier molecular flexibility index (Phi) is 7.33. The van der Waals surface area contributed by atoms with Crippen LogP contribution in [-0.4, -0.2) is 0 Å². The predicted molar refractivity (Wildman–Crippen MR) is 224 cm³/mol. The topological polar surface area (TPSA) is 3.24 Å². The lowest BCUT2D eigenvalue weighted by Gasteiger charge is -2.29. The van der Waals surface area contributed by atoms with Gasteiger partial charge in [0.15, 0.2) is 0 Å². The van der Waals surface area contributed by atoms with E-state index < -0.39 is 0 Å². The lowest BCUT2D eigenvalue weighted by molar-refractivity contribution is 0.715. The maximum atomic E-state index is 2.48. The second kappa shape index (κ2) is 12.5. The van der Waals surface area contributed by atoms with Gasteiger partial charge < -0.3 is 4.90 Å². The molecule has 1 heteroatoms. The second-order valence-electron chi connectivity index (χ2n) is 14.3. The van der Waals surface area contributed by atoms with Gasteiger partial charge in [-0.05, 0) is 116 Å². The quantitative estimate of drug-likeness (QED) is 0.159. The number of benzene rings is 9. The van der Waals surface area contributed by atoms with Crippen LogP contribution < -0.4 is 4.90 Å². The summed E-state index contributed by atoms with van der Waals surface area (Å²) in [6.45, 7) is 2.40. The minimum Gasteiger partial charge on any atom is -0.310 e. The standard InChI is InChI=1S/C52H37N/c1-52(41-20-9-4-10-21-41)49-25-12-11-23-45(49)48-34-40-29-32-46-44(47(40)35-50(48)52)24-14-26-51(46)53(42-30-27-38(28-31-42)36-15-5-2-6-16-36)43-22-13-19-39(33-43)37-17-7-3-8-18-37/h2-35H,1H3. The number of rotatable bonds is 6. The Balaban J connectivity index is 1.18. The number of nitrogens with zero attached hydrogens (tertiary/aromatic N) is 1. The molecule has 0 fully saturated rings. The van der Waals surface area contributed by atoms with Crippen molar-refractivity contribution in [3.63, 3.8) is 0 Å². The van der Waals surface area contributed by atoms with Crippen LogP contribution in [0.1, 0.15) is 23.6 Å². The van der Waals surface area contributed by atoms with Gasteiger partial charge in [-0.3, -0.25) is 0 Å². The molecule has 0 saturated carbocycles. The first-order valence-electron chi connectivity index (χ1n) is 18.4. The van der Waals surface area contributed by atoms with Crippen LogP contribution >= 0.6 is 0 Å². The fourth-order valence-corrected chi connectivity index (χ4v) is 8.65. The molecular weight excluding hydrogens is 639 g/mol. The van der Waals surface area contributed by atoms with Gasteiger partial charge in [-0.15, -0.1) is 0 Å². The van der Waals surface area contributed by atoms with Crippen molar-refractivity contribution in [2.45, 2.75) is 12.3 Å². The minimum atomic E-state index is -0.258. The molecule has 1 unspecified atom stereocenters. The molecule has 0 aliphatic heterocycles. The van der Waals surface area contributed by atoms with Crippen LogP contribution in [0.3, 0.4) is 0 Å². The van der Waals surface area contributed by atoms with E-state index in [1.807, 2.05) is 0 Å². The number of hydrogen-bond donors (Lipinski definition) is 0. The number of anilines is 3. The van der Waals surface area contributed by atoms with Gasteiger partial charge in [-0.1, -0.05) is 164 Å². The summed E-state index contributed by atoms with van der Waals surface area (Å²) in [5.74, 6) is 0. The third-order valence-electron chi connectivity index (χ3n) is 11.3. The molecule has 0 N–H and O–H groups in total. The highest BCUT2D eigenvalue weighted by Crippen LogP contribution is 2.54. The first kappa shape index (κ1) is 31.1. The first-order chi connectivity index (χ1) is 26.2. The van der Waals surface area contributed by atoms with Crippen molar-refractivity contribution in [3.8, 4) is 33.4 Å². The third kappa shape index (κ3) is 5.08. The monoisotopic (exact) mass is 675 g/mol. The highest BCUT2D eigenvalue weighted by atomic mass is 15.1. The van der Waals surface area contributed by atoms with Crippen LogP contribution in [0.2, 0.25) is 0 Å². The van der Waals surface area contributed by atoms with E-state index in [0.29, 0.717) is 0 Å². The summed E-state index contributed by atoms with van der Waals surface area (Å²) in [4.78, 5) is 2.42. The van der Waals surface area contributed by atoms with Gasteiger partial charge in [0.1, 0.15) is 0 Å². The van der Waals surface area contributed by atoms with E-state index >= 15 is 0 Å². The van der Waals surface area contributed by atoms with Crippen molar-refractivity contribution in [1.82, 2.24) is 0 Å². The van der Waals surface area contributed by atoms with E-state index in [2.05, 4.69) is 218 Å². The predicted octanol–water partition coefficient (Wildman–Crippen LogP) is 14.1. The normalized spacial score (nSPS) is 14.6. The van der Waals surface area contributed by atoms with Crippen LogP contribution in [0.5, 0.6) is 0 Å². The number of hydrogen-bond acceptors (Lipinski definition) is 1. The van der Waals surface area contributed by atoms with Crippen LogP contribution in [-0.2, 0) is 5.41 Å². The molecule has 1 nitrogen and oxygen atoms in total. The zero-order valence-electron chi connectivity index (χ0n) is 29.6. The van der Waals surface area contributed by atoms with Crippen molar-refractivity contribution in [3.05, 3.63) is 223 Å². The molecule has 0 heterocycles. The summed E-state index contributed by atoms with van der Waals surface area (Å²) in [5.41, 5.74) is 14.6. The van der Waals surface area contributed by atoms with Gasteiger partial charge in [-0.2, -0.15) is 0 Å². The van der Waals surface area contributed by atoms with E-state index in [-0.39, 0.29) is 5.41 Å². The molecule has 0 amide bonds. The van der Waals surface area contributed by atoms with Gasteiger partial charge in [0.05, 0.1) is 5.69 Å². The minimum absolute atomic E-state index is 0.258. The van der Waals surface area contributed by atoms with E-state index in [9.17, 15) is 0 Å². The van der Waals surface area contributed by atoms with E-state index in [1.54, 1.807) is 0 Å². The summed E-state index contributed by atoms with van der Waals surface area (Å²) in [6, 6.07) is 75.5. The highest BCUT2D eigenvalue weighted by molar-refractivity contribution is 6.14. The average molecular weight is 676 g/mol. The van der Waals surface area contributed by atoms with Gasteiger partial charge in [0.2, 0.25) is 0 Å². The van der Waals surface area contributed by atoms with Crippen molar-refractivity contribution in [2.24, 2.45) is 0 Å². The molecule has 0 spiro atoms. The Labute approximate surface area is 311 Å². The van der Waals surface area contributed by atoms with Crippen molar-refractivity contribution in [2.75, 3.05) is 4.90 Å². The second-order valence-corrected chi connectivity index (χ2v) is 14.3. The maximum Gasteiger partial charge on any atom is 0.0540 e. The molecule has 53 heavy (non-hydrogen) atoms. The zero-order valence-corrected chi connectivity index (χ0v) is 29.6. The van der Waals surface area contributed by atoms with Crippen LogP contribution in [0.15, 0.2) is 206 Å². The Morgan fingerprint density at radius 1 is 0.358 bits per heavy atom. The number of fused-ring (bicyclic) bond motifs is 6. The van der Waals surface area contributed by atoms with Crippen molar-refractivity contribution < 1.29 is 0 Å². The van der Waals surface area contributed by atoms with Gasteiger partial charge in [0.25, 0.3) is 0 Å². The largest absolute Gasteiger partial charge is 0.310 e. The molecule has 1 aliphatic carbocycles. The van der Waals surface area contributed by atoms with Crippen LogP contribution in [0.4, 0.5) is 17.1 Å². The fraction of sp³-hybridized carbons (Fsp3) is 0.0385. The Morgan fingerprint density at radius 3 is 1.74 bits per heavy atom. The lowest BCUT2D eigenvalue weighted by atomic mass is 9.74. The van der Waals surface area contributed by atoms with Crippen molar-refractivity contribution >= 4 is 38.6 Å². The molecule has 0 saturated heterocycles. The SMILES string of the molecule is CC1(c2ccccc2)c2ccccc2-c2cc3ccc4c(N(c5ccc(-c6ccccc6)cc5)c5cccc(-c6ccccc6)c5)cccc4c3cc21. The lowest BCUT2D eigenvalue weighted by Crippen LogP contribution is -2.22. The van der Waals surface area contributed by atoms with Gasteiger partial charge in [-0.25, -0.2) is 0 Å². The molecular formula is C52H37N. The highest BCUT2D eigenvalue weighted by Gasteiger charge is 2.40. The third-order valence-corrected chi connectivity index (χ3v) is 11.3. The molecule has 9 aromatic carbocycles. The first-order valence-corrected chi connectivity index (χ1v) is 18.4. The molecule has 250 valence electrons. The van der Waals surface area contributed by atoms with Gasteiger partial charge >= 0.3 is 0 Å². The summed E-state index contributed by atoms with van der Waals surface area (Å²) in [7, 11) is 0. The zero-order chi connectivity index (χ0) is 35.4. The van der Waals surface area contributed by atoms with Gasteiger partial charge in [0, 0.05) is 22.2 Å². The summed E-state index contributed by atoms with van der Waals surface area (Å²) < 4.78 is 0. The van der Waals surface area contributed by atoms with Crippen molar-refractivity contribution in [1.29, 1.82) is 0 Å².